The second-order valence-corrected chi connectivity index (χ2v) is 0.346. The first-order chi connectivity index (χ1) is 1.73. The van der Waals surface area contributed by atoms with Crippen molar-refractivity contribution in [2.45, 2.75) is 0 Å². The molecule has 0 amide bonds. The molecule has 3 N–H and O–H groups in total. The molecule has 0 unspecified atom stereocenters. The standard InChI is InChI=1S/Al.BH3O3.Cr.Cu.3H/c;2-1(3)4;;;;;/h;2-4H;;;;;. The Bertz CT molecular complexity index is 19.7. The first-order valence-electron chi connectivity index (χ1n) is 0.775. The van der Waals surface area contributed by atoms with E-state index in [4.69, 9.17) is 15.1 Å². The predicted octanol–water partition coefficient (Wildman–Crippen LogP) is -3.24. The zero-order valence-corrected chi connectivity index (χ0v) is 4.85. The van der Waals surface area contributed by atoms with Crippen LogP contribution < -0.4 is 0 Å². The molecule has 0 bridgehead atoms. The van der Waals surface area contributed by atoms with Crippen molar-refractivity contribution in [1.29, 1.82) is 0 Å². The van der Waals surface area contributed by atoms with E-state index in [1.54, 1.807) is 0 Å². The summed E-state index contributed by atoms with van der Waals surface area (Å²) in [5, 5.41) is 21.5. The third-order valence-electron chi connectivity index (χ3n) is 0. The summed E-state index contributed by atoms with van der Waals surface area (Å²) >= 11 is 0. The van der Waals surface area contributed by atoms with E-state index in [1.165, 1.54) is 0 Å². The van der Waals surface area contributed by atoms with E-state index in [0.29, 0.717) is 0 Å². The van der Waals surface area contributed by atoms with Crippen LogP contribution in [-0.4, -0.2) is 39.8 Å². The van der Waals surface area contributed by atoms with Crippen LogP contribution in [0.1, 0.15) is 0 Å². The van der Waals surface area contributed by atoms with Crippen molar-refractivity contribution in [2.75, 3.05) is 0 Å². The minimum Gasteiger partial charge on any atom is -0.402 e. The van der Waals surface area contributed by atoms with E-state index in [0.717, 1.165) is 0 Å². The van der Waals surface area contributed by atoms with Crippen LogP contribution >= 0.6 is 0 Å². The second-order valence-electron chi connectivity index (χ2n) is 0.346. The van der Waals surface area contributed by atoms with Gasteiger partial charge in [0.05, 0.1) is 0 Å². The third-order valence-corrected chi connectivity index (χ3v) is 0. The first-order valence-corrected chi connectivity index (χ1v) is 0.775. The van der Waals surface area contributed by atoms with Crippen LogP contribution in [0, 0.1) is 0 Å². The second kappa shape index (κ2) is 15.6. The molecule has 0 fully saturated rings. The molecule has 0 aliphatic rings. The van der Waals surface area contributed by atoms with Crippen LogP contribution in [0.15, 0.2) is 0 Å². The van der Waals surface area contributed by atoms with Crippen molar-refractivity contribution in [3.05, 3.63) is 0 Å². The van der Waals surface area contributed by atoms with Gasteiger partial charge in [0.1, 0.15) is 0 Å². The average molecular weight is 207 g/mol. The fraction of sp³-hybridized carbons (Fsp3) is 0. The zero-order valence-electron chi connectivity index (χ0n) is 2.63. The molecule has 1 radical (unpaired) electrons. The summed E-state index contributed by atoms with van der Waals surface area (Å²) in [7, 11) is -2.17. The predicted molar refractivity (Wildman–Crippen MR) is 22.3 cm³/mol. The van der Waals surface area contributed by atoms with Gasteiger partial charge in [0.15, 0.2) is 17.4 Å². The van der Waals surface area contributed by atoms with Gasteiger partial charge >= 0.3 is 7.32 Å². The van der Waals surface area contributed by atoms with Crippen molar-refractivity contribution in [2.24, 2.45) is 0 Å². The largest absolute Gasteiger partial charge is 0.631 e. The van der Waals surface area contributed by atoms with Gasteiger partial charge in [0, 0.05) is 34.4 Å². The zero-order chi connectivity index (χ0) is 3.58. The van der Waals surface area contributed by atoms with Gasteiger partial charge in [-0.05, 0) is 0 Å². The minimum absolute atomic E-state index is 0. The summed E-state index contributed by atoms with van der Waals surface area (Å²) in [6.45, 7) is 0. The monoisotopic (exact) mass is 207 g/mol. The number of hydrogen-bond donors (Lipinski definition) is 3. The van der Waals surface area contributed by atoms with Gasteiger partial charge in [0.2, 0.25) is 0 Å². The normalized spacial score (nSPS) is 3.86. The maximum atomic E-state index is 7.17. The fourth-order valence-corrected chi connectivity index (χ4v) is 0. The summed E-state index contributed by atoms with van der Waals surface area (Å²) < 4.78 is 0. The van der Waals surface area contributed by atoms with E-state index in [1.807, 2.05) is 0 Å². The Balaban J connectivity index is -0.0000000150. The Kier molecular flexibility index (Phi) is 52.7. The molecule has 0 saturated heterocycles. The molecule has 0 aliphatic carbocycles. The van der Waals surface area contributed by atoms with Crippen molar-refractivity contribution in [1.82, 2.24) is 0 Å². The van der Waals surface area contributed by atoms with Gasteiger partial charge in [-0.2, -0.15) is 0 Å². The van der Waals surface area contributed by atoms with Crippen LogP contribution in [0.3, 0.4) is 0 Å². The summed E-state index contributed by atoms with van der Waals surface area (Å²) in [6.07, 6.45) is 0. The van der Waals surface area contributed by atoms with Crippen LogP contribution in [0.4, 0.5) is 0 Å². The Labute approximate surface area is 74.0 Å². The Morgan fingerprint density at radius 2 is 1.00 bits per heavy atom. The molecular formula is H6AlBCrCuO3. The molecule has 7 heteroatoms. The van der Waals surface area contributed by atoms with Gasteiger partial charge in [-0.1, -0.05) is 0 Å². The molecule has 3 nitrogen and oxygen atoms in total. The molecule has 0 heterocycles. The number of hydrogen-bond acceptors (Lipinski definition) is 3. The van der Waals surface area contributed by atoms with Crippen LogP contribution in [0.5, 0.6) is 0 Å². The molecule has 47 valence electrons. The molecule has 0 rings (SSSR count). The van der Waals surface area contributed by atoms with Gasteiger partial charge in [-0.15, -0.1) is 0 Å². The summed E-state index contributed by atoms with van der Waals surface area (Å²) in [4.78, 5) is 0. The molecule has 0 saturated carbocycles. The topological polar surface area (TPSA) is 60.7 Å². The van der Waals surface area contributed by atoms with Crippen molar-refractivity contribution >= 4 is 24.7 Å². The van der Waals surface area contributed by atoms with Crippen LogP contribution in [0.2, 0.25) is 0 Å². The van der Waals surface area contributed by atoms with E-state index in [2.05, 4.69) is 0 Å². The maximum Gasteiger partial charge on any atom is 0.631 e. The molecule has 0 spiro atoms. The van der Waals surface area contributed by atoms with Gasteiger partial charge < -0.3 is 15.1 Å². The molecule has 0 aliphatic heterocycles. The molecule has 0 aromatic carbocycles. The molecule has 0 aromatic rings. The Morgan fingerprint density at radius 3 is 1.00 bits per heavy atom. The van der Waals surface area contributed by atoms with E-state index in [9.17, 15) is 0 Å². The molecule has 7 heavy (non-hydrogen) atoms. The van der Waals surface area contributed by atoms with Gasteiger partial charge in [-0.3, -0.25) is 0 Å². The average Bonchev–Trinajstić information content (AvgIpc) is 0.811. The number of rotatable bonds is 0. The van der Waals surface area contributed by atoms with Crippen molar-refractivity contribution in [3.63, 3.8) is 0 Å². The fourth-order valence-electron chi connectivity index (χ4n) is 0. The quantitative estimate of drug-likeness (QED) is 0.366. The van der Waals surface area contributed by atoms with Crippen LogP contribution in [-0.2, 0) is 34.4 Å². The smallest absolute Gasteiger partial charge is 0.402 e. The van der Waals surface area contributed by atoms with Crippen LogP contribution in [0.25, 0.3) is 0 Å². The summed E-state index contributed by atoms with van der Waals surface area (Å²) in [5.41, 5.74) is 0. The van der Waals surface area contributed by atoms with Crippen molar-refractivity contribution in [3.8, 4) is 0 Å². The van der Waals surface area contributed by atoms with Crippen molar-refractivity contribution < 1.29 is 49.5 Å². The first kappa shape index (κ1) is 23.6. The summed E-state index contributed by atoms with van der Waals surface area (Å²) in [5.74, 6) is 0. The molecular weight excluding hydrogens is 201 g/mol. The SMILES string of the molecule is OB(O)O.[AlH3].[Cr].[Cu]. The Morgan fingerprint density at radius 1 is 1.00 bits per heavy atom. The van der Waals surface area contributed by atoms with E-state index in [-0.39, 0.29) is 51.8 Å². The Hall–Kier alpha value is 1.53. The minimum atomic E-state index is -2.17. The third kappa shape index (κ3) is 98.4. The van der Waals surface area contributed by atoms with E-state index >= 15 is 0 Å². The van der Waals surface area contributed by atoms with Gasteiger partial charge in [-0.25, -0.2) is 0 Å². The van der Waals surface area contributed by atoms with Gasteiger partial charge in [0.25, 0.3) is 0 Å². The molecule has 0 aromatic heterocycles. The maximum absolute atomic E-state index is 7.17. The van der Waals surface area contributed by atoms with E-state index < -0.39 is 7.32 Å². The molecule has 0 atom stereocenters. The summed E-state index contributed by atoms with van der Waals surface area (Å²) in [6, 6.07) is 0.